The molecular weight excluding hydrogens is 343 g/mol. The fourth-order valence-corrected chi connectivity index (χ4v) is 3.35. The fraction of sp³-hybridized carbons (Fsp3) is 0.227. The van der Waals surface area contributed by atoms with E-state index in [1.807, 2.05) is 36.5 Å². The van der Waals surface area contributed by atoms with Crippen LogP contribution in [0.4, 0.5) is 4.39 Å². The van der Waals surface area contributed by atoms with E-state index in [1.54, 1.807) is 18.3 Å². The molecule has 1 aliphatic heterocycles. The van der Waals surface area contributed by atoms with Crippen molar-refractivity contribution in [2.75, 3.05) is 6.54 Å². The third kappa shape index (κ3) is 4.15. The van der Waals surface area contributed by atoms with Gasteiger partial charge in [-0.3, -0.25) is 4.98 Å². The fourth-order valence-electron chi connectivity index (χ4n) is 3.35. The van der Waals surface area contributed by atoms with E-state index in [0.29, 0.717) is 19.5 Å². The van der Waals surface area contributed by atoms with E-state index >= 15 is 0 Å². The molecule has 4 nitrogen and oxygen atoms in total. The van der Waals surface area contributed by atoms with Gasteiger partial charge in [0.05, 0.1) is 6.10 Å². The van der Waals surface area contributed by atoms with Crippen LogP contribution in [0.5, 0.6) is 5.75 Å². The SMILES string of the molecule is OC1C[C@H](CNCc2cncc(-c3ccc(F)cc3)c2)Oc2ccccc21. The Labute approximate surface area is 157 Å². The number of benzene rings is 2. The largest absolute Gasteiger partial charge is 0.489 e. The molecule has 0 aliphatic carbocycles. The molecule has 138 valence electrons. The third-order valence-corrected chi connectivity index (χ3v) is 4.73. The van der Waals surface area contributed by atoms with Crippen molar-refractivity contribution in [3.8, 4) is 16.9 Å². The first-order chi connectivity index (χ1) is 13.2. The van der Waals surface area contributed by atoms with Crippen molar-refractivity contribution in [1.29, 1.82) is 0 Å². The van der Waals surface area contributed by atoms with E-state index in [-0.39, 0.29) is 11.9 Å². The second-order valence-corrected chi connectivity index (χ2v) is 6.75. The van der Waals surface area contributed by atoms with Gasteiger partial charge in [-0.1, -0.05) is 30.3 Å². The molecule has 2 aromatic carbocycles. The maximum atomic E-state index is 13.1. The van der Waals surface area contributed by atoms with Crippen molar-refractivity contribution in [1.82, 2.24) is 10.3 Å². The Kier molecular flexibility index (Phi) is 5.14. The highest BCUT2D eigenvalue weighted by atomic mass is 19.1. The highest BCUT2D eigenvalue weighted by molar-refractivity contribution is 5.62. The molecule has 0 bridgehead atoms. The first kappa shape index (κ1) is 17.6. The molecule has 2 N–H and O–H groups in total. The zero-order chi connectivity index (χ0) is 18.6. The lowest BCUT2D eigenvalue weighted by molar-refractivity contribution is 0.0657. The topological polar surface area (TPSA) is 54.4 Å². The zero-order valence-corrected chi connectivity index (χ0v) is 14.8. The number of aliphatic hydroxyl groups excluding tert-OH is 1. The molecule has 0 amide bonds. The van der Waals surface area contributed by atoms with Crippen molar-refractivity contribution in [3.63, 3.8) is 0 Å². The van der Waals surface area contributed by atoms with Gasteiger partial charge in [0.15, 0.2) is 0 Å². The van der Waals surface area contributed by atoms with Gasteiger partial charge in [-0.2, -0.15) is 0 Å². The average Bonchev–Trinajstić information content (AvgIpc) is 2.69. The summed E-state index contributed by atoms with van der Waals surface area (Å²) in [5, 5.41) is 13.7. The van der Waals surface area contributed by atoms with Crippen LogP contribution in [-0.2, 0) is 6.54 Å². The van der Waals surface area contributed by atoms with Crippen molar-refractivity contribution < 1.29 is 14.2 Å². The number of rotatable bonds is 5. The Balaban J connectivity index is 1.36. The maximum absolute atomic E-state index is 13.1. The van der Waals surface area contributed by atoms with E-state index in [9.17, 15) is 9.50 Å². The molecule has 27 heavy (non-hydrogen) atoms. The molecule has 0 fully saturated rings. The standard InChI is InChI=1S/C22H21FN2O2/c23-18-7-5-16(6-8-18)17-9-15(11-24-13-17)12-25-14-19-10-21(26)20-3-1-2-4-22(20)27-19/h1-9,11,13,19,21,25-26H,10,12,14H2/t19-,21?/m1/s1. The summed E-state index contributed by atoms with van der Waals surface area (Å²) in [6, 6.07) is 16.0. The predicted octanol–water partition coefficient (Wildman–Crippen LogP) is 3.86. The summed E-state index contributed by atoms with van der Waals surface area (Å²) in [5.41, 5.74) is 3.77. The lowest BCUT2D eigenvalue weighted by atomic mass is 9.99. The average molecular weight is 364 g/mol. The van der Waals surface area contributed by atoms with Crippen LogP contribution in [0.3, 0.4) is 0 Å². The molecule has 5 heteroatoms. The number of hydrogen-bond donors (Lipinski definition) is 2. The smallest absolute Gasteiger partial charge is 0.125 e. The van der Waals surface area contributed by atoms with Gasteiger partial charge < -0.3 is 15.2 Å². The van der Waals surface area contributed by atoms with E-state index in [4.69, 9.17) is 4.74 Å². The van der Waals surface area contributed by atoms with Gasteiger partial charge in [-0.15, -0.1) is 0 Å². The molecule has 1 aliphatic rings. The number of hydrogen-bond acceptors (Lipinski definition) is 4. The molecule has 0 spiro atoms. The lowest BCUT2D eigenvalue weighted by Crippen LogP contribution is -2.35. The molecule has 1 unspecified atom stereocenters. The highest BCUT2D eigenvalue weighted by Gasteiger charge is 2.26. The quantitative estimate of drug-likeness (QED) is 0.722. The van der Waals surface area contributed by atoms with Crippen LogP contribution >= 0.6 is 0 Å². The minimum absolute atomic E-state index is 0.0804. The zero-order valence-electron chi connectivity index (χ0n) is 14.8. The van der Waals surface area contributed by atoms with Gasteiger partial charge in [0.25, 0.3) is 0 Å². The predicted molar refractivity (Wildman–Crippen MR) is 102 cm³/mol. The highest BCUT2D eigenvalue weighted by Crippen LogP contribution is 2.34. The third-order valence-electron chi connectivity index (χ3n) is 4.73. The van der Waals surface area contributed by atoms with Crippen LogP contribution in [0.15, 0.2) is 67.0 Å². The van der Waals surface area contributed by atoms with Crippen LogP contribution in [0.1, 0.15) is 23.7 Å². The van der Waals surface area contributed by atoms with E-state index < -0.39 is 6.10 Å². The van der Waals surface area contributed by atoms with Crippen LogP contribution in [0.2, 0.25) is 0 Å². The minimum Gasteiger partial charge on any atom is -0.489 e. The number of pyridine rings is 1. The Morgan fingerprint density at radius 3 is 2.74 bits per heavy atom. The van der Waals surface area contributed by atoms with Crippen LogP contribution < -0.4 is 10.1 Å². The number of para-hydroxylation sites is 1. The number of fused-ring (bicyclic) bond motifs is 1. The molecular formula is C22H21FN2O2. The number of aliphatic hydroxyl groups is 1. The Bertz CT molecular complexity index is 914. The van der Waals surface area contributed by atoms with Gasteiger partial charge in [0, 0.05) is 43.0 Å². The van der Waals surface area contributed by atoms with Crippen LogP contribution in [0, 0.1) is 5.82 Å². The van der Waals surface area contributed by atoms with Gasteiger partial charge >= 0.3 is 0 Å². The summed E-state index contributed by atoms with van der Waals surface area (Å²) < 4.78 is 19.1. The number of aromatic nitrogens is 1. The van der Waals surface area contributed by atoms with Crippen LogP contribution in [-0.4, -0.2) is 22.7 Å². The maximum Gasteiger partial charge on any atom is 0.125 e. The lowest BCUT2D eigenvalue weighted by Gasteiger charge is -2.29. The summed E-state index contributed by atoms with van der Waals surface area (Å²) in [6.45, 7) is 1.27. The van der Waals surface area contributed by atoms with Gasteiger partial charge in [0.2, 0.25) is 0 Å². The summed E-state index contributed by atoms with van der Waals surface area (Å²) in [6.07, 6.45) is 3.58. The van der Waals surface area contributed by atoms with Gasteiger partial charge in [-0.05, 0) is 35.4 Å². The second-order valence-electron chi connectivity index (χ2n) is 6.75. The Morgan fingerprint density at radius 2 is 1.89 bits per heavy atom. The van der Waals surface area contributed by atoms with E-state index in [0.717, 1.165) is 28.0 Å². The molecule has 1 aromatic heterocycles. The molecule has 0 saturated heterocycles. The molecule has 2 atom stereocenters. The molecule has 0 radical (unpaired) electrons. The number of nitrogens with one attached hydrogen (secondary N) is 1. The summed E-state index contributed by atoms with van der Waals surface area (Å²) in [4.78, 5) is 4.29. The number of nitrogens with zero attached hydrogens (tertiary/aromatic N) is 1. The Morgan fingerprint density at radius 1 is 1.07 bits per heavy atom. The van der Waals surface area contributed by atoms with E-state index in [2.05, 4.69) is 10.3 Å². The molecule has 2 heterocycles. The van der Waals surface area contributed by atoms with Crippen molar-refractivity contribution in [2.24, 2.45) is 0 Å². The molecule has 0 saturated carbocycles. The van der Waals surface area contributed by atoms with Gasteiger partial charge in [0.1, 0.15) is 17.7 Å². The summed E-state index contributed by atoms with van der Waals surface area (Å²) >= 11 is 0. The van der Waals surface area contributed by atoms with Gasteiger partial charge in [-0.25, -0.2) is 4.39 Å². The van der Waals surface area contributed by atoms with Crippen LogP contribution in [0.25, 0.3) is 11.1 Å². The van der Waals surface area contributed by atoms with Crippen molar-refractivity contribution >= 4 is 0 Å². The number of halogens is 1. The van der Waals surface area contributed by atoms with Crippen molar-refractivity contribution in [2.45, 2.75) is 25.2 Å². The second kappa shape index (κ2) is 7.86. The molecule has 4 rings (SSSR count). The van der Waals surface area contributed by atoms with Crippen molar-refractivity contribution in [3.05, 3.63) is 83.9 Å². The number of ether oxygens (including phenoxy) is 1. The van der Waals surface area contributed by atoms with E-state index in [1.165, 1.54) is 12.1 Å². The minimum atomic E-state index is -0.495. The first-order valence-corrected chi connectivity index (χ1v) is 9.03. The first-order valence-electron chi connectivity index (χ1n) is 9.03. The Hall–Kier alpha value is -2.76. The summed E-state index contributed by atoms with van der Waals surface area (Å²) in [5.74, 6) is 0.504. The normalized spacial score (nSPS) is 18.6. The molecule has 3 aromatic rings. The summed E-state index contributed by atoms with van der Waals surface area (Å²) in [7, 11) is 0. The monoisotopic (exact) mass is 364 g/mol.